The molecule has 0 unspecified atom stereocenters. The number of nitrogens with one attached hydrogen (secondary N) is 1. The van der Waals surface area contributed by atoms with E-state index in [1.165, 1.54) is 4.90 Å². The average Bonchev–Trinajstić information content (AvgIpc) is 3.28. The molecule has 0 radical (unpaired) electrons. The van der Waals surface area contributed by atoms with Gasteiger partial charge in [-0.15, -0.1) is 0 Å². The molecular formula is C26H23N3O3. The van der Waals surface area contributed by atoms with Gasteiger partial charge in [-0.2, -0.15) is 0 Å². The van der Waals surface area contributed by atoms with E-state index in [9.17, 15) is 9.59 Å². The number of benzene rings is 2. The number of carbonyl (C=O) groups excluding carboxylic acids is 2. The number of anilines is 1. The molecule has 0 bridgehead atoms. The number of para-hydroxylation sites is 1. The summed E-state index contributed by atoms with van der Waals surface area (Å²) in [5.74, 6) is 0.280. The quantitative estimate of drug-likeness (QED) is 0.466. The Kier molecular flexibility index (Phi) is 6.41. The number of furan rings is 1. The highest BCUT2D eigenvalue weighted by molar-refractivity contribution is 6.08. The molecule has 2 aromatic carbocycles. The van der Waals surface area contributed by atoms with Gasteiger partial charge in [0.15, 0.2) is 6.04 Å². The third-order valence-corrected chi connectivity index (χ3v) is 4.98. The average molecular weight is 425 g/mol. The predicted molar refractivity (Wildman–Crippen MR) is 122 cm³/mol. The van der Waals surface area contributed by atoms with Gasteiger partial charge in [0.25, 0.3) is 11.8 Å². The van der Waals surface area contributed by atoms with E-state index >= 15 is 0 Å². The molecule has 2 heterocycles. The smallest absolute Gasteiger partial charge is 0.277 e. The summed E-state index contributed by atoms with van der Waals surface area (Å²) in [5.41, 5.74) is 1.76. The summed E-state index contributed by atoms with van der Waals surface area (Å²) in [7, 11) is 0. The van der Waals surface area contributed by atoms with Gasteiger partial charge in [-0.05, 0) is 48.9 Å². The molecule has 160 valence electrons. The fourth-order valence-electron chi connectivity index (χ4n) is 3.44. The summed E-state index contributed by atoms with van der Waals surface area (Å²) >= 11 is 0. The molecule has 0 saturated heterocycles. The topological polar surface area (TPSA) is 75.4 Å². The van der Waals surface area contributed by atoms with E-state index in [4.69, 9.17) is 4.42 Å². The van der Waals surface area contributed by atoms with E-state index in [2.05, 4.69) is 10.3 Å². The largest absolute Gasteiger partial charge is 0.464 e. The zero-order chi connectivity index (χ0) is 22.3. The van der Waals surface area contributed by atoms with Gasteiger partial charge in [0.05, 0.1) is 0 Å². The number of hydrogen-bond acceptors (Lipinski definition) is 4. The number of amides is 2. The summed E-state index contributed by atoms with van der Waals surface area (Å²) in [4.78, 5) is 32.7. The van der Waals surface area contributed by atoms with Crippen molar-refractivity contribution in [1.29, 1.82) is 0 Å². The van der Waals surface area contributed by atoms with E-state index < -0.39 is 11.9 Å². The lowest BCUT2D eigenvalue weighted by Crippen LogP contribution is -2.44. The van der Waals surface area contributed by atoms with Crippen LogP contribution in [0.4, 0.5) is 5.69 Å². The number of carbonyl (C=O) groups is 2. The first-order valence-corrected chi connectivity index (χ1v) is 10.3. The van der Waals surface area contributed by atoms with Crippen molar-refractivity contribution in [2.24, 2.45) is 0 Å². The predicted octanol–water partition coefficient (Wildman–Crippen LogP) is 4.69. The Labute approximate surface area is 186 Å². The maximum absolute atomic E-state index is 13.6. The molecule has 0 saturated carbocycles. The highest BCUT2D eigenvalue weighted by Gasteiger charge is 2.36. The van der Waals surface area contributed by atoms with Crippen LogP contribution < -0.4 is 10.2 Å². The van der Waals surface area contributed by atoms with Crippen LogP contribution >= 0.6 is 0 Å². The van der Waals surface area contributed by atoms with Crippen LogP contribution in [0.5, 0.6) is 0 Å². The summed E-state index contributed by atoms with van der Waals surface area (Å²) in [6.07, 6.45) is 1.55. The van der Waals surface area contributed by atoms with Crippen LogP contribution in [0.3, 0.4) is 0 Å². The molecule has 2 amide bonds. The number of aryl methyl sites for hydroxylation is 1. The summed E-state index contributed by atoms with van der Waals surface area (Å²) in [6.45, 7) is 2.13. The second kappa shape index (κ2) is 9.75. The first kappa shape index (κ1) is 21.1. The van der Waals surface area contributed by atoms with Gasteiger partial charge in [-0.1, -0.05) is 54.6 Å². The summed E-state index contributed by atoms with van der Waals surface area (Å²) in [5, 5.41) is 2.95. The Morgan fingerprint density at radius 1 is 0.906 bits per heavy atom. The molecule has 0 aliphatic heterocycles. The first-order valence-electron chi connectivity index (χ1n) is 10.3. The Balaban J connectivity index is 1.74. The second-order valence-electron chi connectivity index (χ2n) is 7.28. The Morgan fingerprint density at radius 3 is 2.22 bits per heavy atom. The van der Waals surface area contributed by atoms with Crippen molar-refractivity contribution in [3.8, 4) is 0 Å². The van der Waals surface area contributed by atoms with Crippen molar-refractivity contribution in [2.45, 2.75) is 19.5 Å². The fraction of sp³-hybridized carbons (Fsp3) is 0.115. The fourth-order valence-corrected chi connectivity index (χ4v) is 3.44. The lowest BCUT2D eigenvalue weighted by Gasteiger charge is -2.29. The monoisotopic (exact) mass is 425 g/mol. The number of hydrogen-bond donors (Lipinski definition) is 1. The van der Waals surface area contributed by atoms with Gasteiger partial charge < -0.3 is 9.73 Å². The van der Waals surface area contributed by atoms with Gasteiger partial charge in [-0.3, -0.25) is 19.5 Å². The minimum atomic E-state index is -1.01. The SMILES string of the molecule is Cc1ccc([C@H](C(=O)NCc2ccccc2)N(C(=O)c2ccccn2)c2ccccc2)o1. The van der Waals surface area contributed by atoms with Crippen molar-refractivity contribution < 1.29 is 14.0 Å². The molecule has 0 aliphatic rings. The van der Waals surface area contributed by atoms with Crippen LogP contribution in [0.25, 0.3) is 0 Å². The van der Waals surface area contributed by atoms with Crippen molar-refractivity contribution in [3.05, 3.63) is 120 Å². The van der Waals surface area contributed by atoms with Crippen LogP contribution in [0, 0.1) is 6.92 Å². The van der Waals surface area contributed by atoms with Gasteiger partial charge >= 0.3 is 0 Å². The van der Waals surface area contributed by atoms with Gasteiger partial charge in [0.1, 0.15) is 17.2 Å². The molecule has 4 rings (SSSR count). The minimum absolute atomic E-state index is 0.237. The number of aromatic nitrogens is 1. The van der Waals surface area contributed by atoms with Crippen molar-refractivity contribution in [2.75, 3.05) is 4.90 Å². The zero-order valence-corrected chi connectivity index (χ0v) is 17.6. The third-order valence-electron chi connectivity index (χ3n) is 4.98. The molecule has 6 heteroatoms. The van der Waals surface area contributed by atoms with E-state index in [0.29, 0.717) is 23.8 Å². The van der Waals surface area contributed by atoms with E-state index in [-0.39, 0.29) is 11.6 Å². The second-order valence-corrected chi connectivity index (χ2v) is 7.28. The highest BCUT2D eigenvalue weighted by atomic mass is 16.3. The minimum Gasteiger partial charge on any atom is -0.464 e. The molecule has 2 aromatic heterocycles. The molecule has 0 aliphatic carbocycles. The Morgan fingerprint density at radius 2 is 1.59 bits per heavy atom. The molecule has 1 atom stereocenters. The normalized spacial score (nSPS) is 11.5. The lowest BCUT2D eigenvalue weighted by molar-refractivity contribution is -0.123. The number of rotatable bonds is 7. The van der Waals surface area contributed by atoms with Gasteiger partial charge in [-0.25, -0.2) is 0 Å². The van der Waals surface area contributed by atoms with E-state index in [1.54, 1.807) is 55.6 Å². The molecule has 0 fully saturated rings. The van der Waals surface area contributed by atoms with Gasteiger partial charge in [0.2, 0.25) is 0 Å². The maximum Gasteiger partial charge on any atom is 0.277 e. The molecule has 0 spiro atoms. The lowest BCUT2D eigenvalue weighted by atomic mass is 10.1. The van der Waals surface area contributed by atoms with Crippen LogP contribution in [0.2, 0.25) is 0 Å². The zero-order valence-electron chi connectivity index (χ0n) is 17.6. The Hall–Kier alpha value is -4.19. The first-order chi connectivity index (χ1) is 15.6. The standard InChI is InChI=1S/C26H23N3O3/c1-19-15-16-23(32-19)24(25(30)28-18-20-10-4-2-5-11-20)29(21-12-6-3-7-13-21)26(31)22-14-8-9-17-27-22/h2-17,24H,18H2,1H3,(H,28,30)/t24-/m1/s1. The van der Waals surface area contributed by atoms with Crippen molar-refractivity contribution in [1.82, 2.24) is 10.3 Å². The maximum atomic E-state index is 13.6. The van der Waals surface area contributed by atoms with E-state index in [0.717, 1.165) is 5.56 Å². The summed E-state index contributed by atoms with van der Waals surface area (Å²) < 4.78 is 5.83. The van der Waals surface area contributed by atoms with Crippen LogP contribution in [0.1, 0.15) is 33.6 Å². The van der Waals surface area contributed by atoms with E-state index in [1.807, 2.05) is 48.5 Å². The molecule has 4 aromatic rings. The molecular weight excluding hydrogens is 402 g/mol. The number of nitrogens with zero attached hydrogens (tertiary/aromatic N) is 2. The van der Waals surface area contributed by atoms with Crippen LogP contribution in [-0.4, -0.2) is 16.8 Å². The van der Waals surface area contributed by atoms with Crippen LogP contribution in [0.15, 0.2) is 102 Å². The Bertz CT molecular complexity index is 1170. The molecule has 1 N–H and O–H groups in total. The van der Waals surface area contributed by atoms with Crippen molar-refractivity contribution in [3.63, 3.8) is 0 Å². The third kappa shape index (κ3) is 4.75. The highest BCUT2D eigenvalue weighted by Crippen LogP contribution is 2.30. The number of pyridine rings is 1. The van der Waals surface area contributed by atoms with Crippen LogP contribution in [-0.2, 0) is 11.3 Å². The van der Waals surface area contributed by atoms with Crippen molar-refractivity contribution >= 4 is 17.5 Å². The molecule has 32 heavy (non-hydrogen) atoms. The molecule has 6 nitrogen and oxygen atoms in total. The summed E-state index contributed by atoms with van der Waals surface area (Å²) in [6, 6.07) is 26.3. The van der Waals surface area contributed by atoms with Gasteiger partial charge in [0, 0.05) is 18.4 Å².